The number of rotatable bonds is 7. The summed E-state index contributed by atoms with van der Waals surface area (Å²) in [6, 6.07) is 12.5. The molecule has 0 spiro atoms. The van der Waals surface area contributed by atoms with E-state index in [-0.39, 0.29) is 24.4 Å². The van der Waals surface area contributed by atoms with E-state index in [1.807, 2.05) is 30.3 Å². The second kappa shape index (κ2) is 7.33. The van der Waals surface area contributed by atoms with E-state index in [0.29, 0.717) is 12.1 Å². The van der Waals surface area contributed by atoms with Gasteiger partial charge in [-0.3, -0.25) is 4.79 Å². The van der Waals surface area contributed by atoms with E-state index in [1.165, 1.54) is 10.7 Å². The van der Waals surface area contributed by atoms with Gasteiger partial charge in [0, 0.05) is 12.6 Å². The number of sulfonamides is 1. The molecule has 1 N–H and O–H groups in total. The summed E-state index contributed by atoms with van der Waals surface area (Å²) >= 11 is 0. The standard InChI is InChI=1S/C15H19N3O3S/c1-13-7-8-15(19)18(17-13)11-10-16-22(20,21)12-9-14-5-3-2-4-6-14/h2-8,16H,9-12H2,1H3. The van der Waals surface area contributed by atoms with Crippen molar-refractivity contribution in [2.75, 3.05) is 12.3 Å². The topological polar surface area (TPSA) is 81.1 Å². The van der Waals surface area contributed by atoms with Gasteiger partial charge in [-0.15, -0.1) is 0 Å². The fourth-order valence-corrected chi connectivity index (χ4v) is 3.04. The van der Waals surface area contributed by atoms with Crippen LogP contribution in [0.25, 0.3) is 0 Å². The summed E-state index contributed by atoms with van der Waals surface area (Å²) in [5.41, 5.74) is 1.45. The summed E-state index contributed by atoms with van der Waals surface area (Å²) in [6.45, 7) is 2.14. The number of hydrogen-bond donors (Lipinski definition) is 1. The Morgan fingerprint density at radius 2 is 1.86 bits per heavy atom. The number of nitrogens with one attached hydrogen (secondary N) is 1. The number of aromatic nitrogens is 2. The smallest absolute Gasteiger partial charge is 0.266 e. The molecule has 0 aliphatic heterocycles. The SMILES string of the molecule is Cc1ccc(=O)n(CCNS(=O)(=O)CCc2ccccc2)n1. The van der Waals surface area contributed by atoms with Crippen molar-refractivity contribution < 1.29 is 8.42 Å². The Morgan fingerprint density at radius 3 is 2.59 bits per heavy atom. The molecule has 6 nitrogen and oxygen atoms in total. The highest BCUT2D eigenvalue weighted by atomic mass is 32.2. The molecular formula is C15H19N3O3S. The van der Waals surface area contributed by atoms with Crippen molar-refractivity contribution in [2.24, 2.45) is 0 Å². The molecule has 0 atom stereocenters. The van der Waals surface area contributed by atoms with Crippen LogP contribution in [0.15, 0.2) is 47.3 Å². The first-order valence-electron chi connectivity index (χ1n) is 7.02. The molecule has 2 rings (SSSR count). The largest absolute Gasteiger partial charge is 0.268 e. The minimum Gasteiger partial charge on any atom is -0.268 e. The highest BCUT2D eigenvalue weighted by Crippen LogP contribution is 2.01. The minimum absolute atomic E-state index is 0.0210. The van der Waals surface area contributed by atoms with Gasteiger partial charge in [0.05, 0.1) is 18.0 Å². The quantitative estimate of drug-likeness (QED) is 0.814. The molecule has 0 radical (unpaired) electrons. The van der Waals surface area contributed by atoms with Gasteiger partial charge in [0.25, 0.3) is 5.56 Å². The van der Waals surface area contributed by atoms with Crippen molar-refractivity contribution in [3.05, 3.63) is 64.1 Å². The van der Waals surface area contributed by atoms with Crippen LogP contribution in [0.1, 0.15) is 11.3 Å². The van der Waals surface area contributed by atoms with Gasteiger partial charge in [0.2, 0.25) is 10.0 Å². The van der Waals surface area contributed by atoms with E-state index in [0.717, 1.165) is 5.56 Å². The highest BCUT2D eigenvalue weighted by Gasteiger charge is 2.10. The predicted molar refractivity (Wildman–Crippen MR) is 85.2 cm³/mol. The van der Waals surface area contributed by atoms with Crippen LogP contribution >= 0.6 is 0 Å². The molecule has 22 heavy (non-hydrogen) atoms. The predicted octanol–water partition coefficient (Wildman–Crippen LogP) is 0.714. The van der Waals surface area contributed by atoms with Crippen molar-refractivity contribution in [3.8, 4) is 0 Å². The molecule has 0 aliphatic carbocycles. The van der Waals surface area contributed by atoms with E-state index < -0.39 is 10.0 Å². The molecule has 0 amide bonds. The van der Waals surface area contributed by atoms with E-state index in [1.54, 1.807) is 13.0 Å². The molecular weight excluding hydrogens is 302 g/mol. The van der Waals surface area contributed by atoms with Gasteiger partial charge in [-0.25, -0.2) is 17.8 Å². The average Bonchev–Trinajstić information content (AvgIpc) is 2.50. The number of aryl methyl sites for hydroxylation is 2. The third-order valence-electron chi connectivity index (χ3n) is 3.15. The Balaban J connectivity index is 1.85. The zero-order valence-corrected chi connectivity index (χ0v) is 13.2. The normalized spacial score (nSPS) is 11.5. The summed E-state index contributed by atoms with van der Waals surface area (Å²) in [7, 11) is -3.37. The van der Waals surface area contributed by atoms with Crippen LogP contribution in [-0.4, -0.2) is 30.5 Å². The molecule has 118 valence electrons. The summed E-state index contributed by atoms with van der Waals surface area (Å²) in [5, 5.41) is 4.06. The summed E-state index contributed by atoms with van der Waals surface area (Å²) in [5.74, 6) is 0.0210. The van der Waals surface area contributed by atoms with Crippen molar-refractivity contribution in [3.63, 3.8) is 0 Å². The lowest BCUT2D eigenvalue weighted by Gasteiger charge is -2.08. The van der Waals surface area contributed by atoms with Crippen LogP contribution in [0.3, 0.4) is 0 Å². The van der Waals surface area contributed by atoms with Gasteiger partial charge < -0.3 is 0 Å². The molecule has 0 aliphatic rings. The fourth-order valence-electron chi connectivity index (χ4n) is 1.99. The van der Waals surface area contributed by atoms with E-state index >= 15 is 0 Å². The van der Waals surface area contributed by atoms with Crippen molar-refractivity contribution >= 4 is 10.0 Å². The molecule has 1 heterocycles. The van der Waals surface area contributed by atoms with Crippen LogP contribution in [0.4, 0.5) is 0 Å². The number of nitrogens with zero attached hydrogens (tertiary/aromatic N) is 2. The van der Waals surface area contributed by atoms with Crippen LogP contribution in [0, 0.1) is 6.92 Å². The Hall–Kier alpha value is -1.99. The Morgan fingerprint density at radius 1 is 1.14 bits per heavy atom. The van der Waals surface area contributed by atoms with Crippen LogP contribution in [0.2, 0.25) is 0 Å². The molecule has 2 aromatic rings. The summed E-state index contributed by atoms with van der Waals surface area (Å²) in [6.07, 6.45) is 0.457. The zero-order chi connectivity index (χ0) is 16.0. The molecule has 0 unspecified atom stereocenters. The van der Waals surface area contributed by atoms with Crippen LogP contribution in [-0.2, 0) is 23.0 Å². The van der Waals surface area contributed by atoms with Gasteiger partial charge in [0.1, 0.15) is 0 Å². The molecule has 1 aromatic heterocycles. The van der Waals surface area contributed by atoms with Crippen LogP contribution < -0.4 is 10.3 Å². The average molecular weight is 321 g/mol. The summed E-state index contributed by atoms with van der Waals surface area (Å²) < 4.78 is 27.6. The van der Waals surface area contributed by atoms with Crippen molar-refractivity contribution in [1.82, 2.24) is 14.5 Å². The van der Waals surface area contributed by atoms with Gasteiger partial charge in [0.15, 0.2) is 0 Å². The maximum Gasteiger partial charge on any atom is 0.266 e. The lowest BCUT2D eigenvalue weighted by Crippen LogP contribution is -2.33. The third kappa shape index (κ3) is 5.09. The first-order chi connectivity index (χ1) is 10.5. The van der Waals surface area contributed by atoms with E-state index in [9.17, 15) is 13.2 Å². The van der Waals surface area contributed by atoms with Gasteiger partial charge in [-0.2, -0.15) is 5.10 Å². The summed E-state index contributed by atoms with van der Waals surface area (Å²) in [4.78, 5) is 11.6. The Bertz CT molecular complexity index is 770. The lowest BCUT2D eigenvalue weighted by molar-refractivity contribution is 0.543. The molecule has 7 heteroatoms. The number of hydrogen-bond acceptors (Lipinski definition) is 4. The molecule has 0 fully saturated rings. The van der Waals surface area contributed by atoms with E-state index in [2.05, 4.69) is 9.82 Å². The number of benzene rings is 1. The maximum atomic E-state index is 11.9. The third-order valence-corrected chi connectivity index (χ3v) is 4.53. The molecule has 0 bridgehead atoms. The van der Waals surface area contributed by atoms with Gasteiger partial charge >= 0.3 is 0 Å². The van der Waals surface area contributed by atoms with Crippen LogP contribution in [0.5, 0.6) is 0 Å². The first-order valence-corrected chi connectivity index (χ1v) is 8.67. The van der Waals surface area contributed by atoms with Crippen molar-refractivity contribution in [2.45, 2.75) is 19.9 Å². The lowest BCUT2D eigenvalue weighted by atomic mass is 10.2. The van der Waals surface area contributed by atoms with Crippen molar-refractivity contribution in [1.29, 1.82) is 0 Å². The van der Waals surface area contributed by atoms with Gasteiger partial charge in [-0.1, -0.05) is 30.3 Å². The second-order valence-corrected chi connectivity index (χ2v) is 6.91. The second-order valence-electron chi connectivity index (χ2n) is 4.98. The van der Waals surface area contributed by atoms with Gasteiger partial charge in [-0.05, 0) is 25.0 Å². The van der Waals surface area contributed by atoms with E-state index in [4.69, 9.17) is 0 Å². The first kappa shape index (κ1) is 16.4. The monoisotopic (exact) mass is 321 g/mol. The maximum absolute atomic E-state index is 11.9. The molecule has 1 aromatic carbocycles. The Labute approximate surface area is 129 Å². The highest BCUT2D eigenvalue weighted by molar-refractivity contribution is 7.89. The zero-order valence-electron chi connectivity index (χ0n) is 12.4. The minimum atomic E-state index is -3.37. The fraction of sp³-hybridized carbons (Fsp3) is 0.333. The molecule has 0 saturated carbocycles. The Kier molecular flexibility index (Phi) is 5.46. The molecule has 0 saturated heterocycles.